The summed E-state index contributed by atoms with van der Waals surface area (Å²) in [4.78, 5) is 4.17. The van der Waals surface area contributed by atoms with Gasteiger partial charge in [-0.05, 0) is 43.0 Å². The molecule has 0 saturated carbocycles. The van der Waals surface area contributed by atoms with E-state index in [0.29, 0.717) is 31.0 Å². The van der Waals surface area contributed by atoms with Gasteiger partial charge in [-0.1, -0.05) is 42.5 Å². The third-order valence-electron chi connectivity index (χ3n) is 4.19. The summed E-state index contributed by atoms with van der Waals surface area (Å²) in [6, 6.07) is 13.9. The summed E-state index contributed by atoms with van der Waals surface area (Å²) in [6.07, 6.45) is 0.531. The smallest absolute Gasteiger partial charge is 0.216 e. The topological polar surface area (TPSA) is 82.6 Å². The molecule has 0 atom stereocenters. The molecule has 2 rings (SSSR count). The second kappa shape index (κ2) is 12.9. The van der Waals surface area contributed by atoms with E-state index in [2.05, 4.69) is 20.3 Å². The average molecular weight is 548 g/mol. The lowest BCUT2D eigenvalue weighted by Crippen LogP contribution is -2.38. The Kier molecular flexibility index (Phi) is 11.3. The van der Waals surface area contributed by atoms with Gasteiger partial charge in [0.05, 0.1) is 5.75 Å². The Labute approximate surface area is 195 Å². The summed E-state index contributed by atoms with van der Waals surface area (Å²) < 4.78 is 40.8. The molecule has 9 heteroatoms. The molecular weight excluding hydrogens is 518 g/mol. The first-order chi connectivity index (χ1) is 13.8. The minimum Gasteiger partial charge on any atom is -0.356 e. The largest absolute Gasteiger partial charge is 0.356 e. The second-order valence-electron chi connectivity index (χ2n) is 6.99. The zero-order chi connectivity index (χ0) is 21.3. The van der Waals surface area contributed by atoms with Gasteiger partial charge >= 0.3 is 0 Å². The second-order valence-corrected chi connectivity index (χ2v) is 8.75. The fraction of sp³-hybridized carbons (Fsp3) is 0.381. The maximum absolute atomic E-state index is 13.7. The summed E-state index contributed by atoms with van der Waals surface area (Å²) in [5.41, 5.74) is 2.25. The maximum atomic E-state index is 13.7. The standard InChI is InChI=1S/C21H29FN4O2S.HI/c1-16(2)26-29(27,28)15-19-10-5-4-9-18(19)14-25-21(23-3)24-13-12-17-8-6-7-11-20(17)22;/h4-11,16,26H,12-15H2,1-3H3,(H2,23,24,25);1H. The van der Waals surface area contributed by atoms with Crippen LogP contribution in [0, 0.1) is 5.82 Å². The SMILES string of the molecule is CN=C(NCCc1ccccc1F)NCc1ccccc1CS(=O)(=O)NC(C)C.I. The lowest BCUT2D eigenvalue weighted by atomic mass is 10.1. The molecule has 2 aromatic carbocycles. The molecule has 0 saturated heterocycles. The molecule has 0 fully saturated rings. The molecule has 0 aliphatic carbocycles. The molecule has 2 aromatic rings. The van der Waals surface area contributed by atoms with Crippen LogP contribution in [0.4, 0.5) is 4.39 Å². The first kappa shape index (κ1) is 26.3. The number of hydrogen-bond acceptors (Lipinski definition) is 3. The predicted octanol–water partition coefficient (Wildman–Crippen LogP) is 3.18. The van der Waals surface area contributed by atoms with Crippen LogP contribution in [0.25, 0.3) is 0 Å². The van der Waals surface area contributed by atoms with Crippen molar-refractivity contribution in [3.05, 3.63) is 71.0 Å². The lowest BCUT2D eigenvalue weighted by molar-refractivity contribution is 0.568. The zero-order valence-corrected chi connectivity index (χ0v) is 20.6. The number of halogens is 2. The molecule has 166 valence electrons. The van der Waals surface area contributed by atoms with E-state index >= 15 is 0 Å². The highest BCUT2D eigenvalue weighted by Gasteiger charge is 2.15. The van der Waals surface area contributed by atoms with E-state index in [1.54, 1.807) is 33.0 Å². The van der Waals surface area contributed by atoms with Crippen LogP contribution in [0.2, 0.25) is 0 Å². The van der Waals surface area contributed by atoms with Crippen molar-refractivity contribution in [2.75, 3.05) is 13.6 Å². The van der Waals surface area contributed by atoms with Gasteiger partial charge in [-0.3, -0.25) is 4.99 Å². The number of nitrogens with one attached hydrogen (secondary N) is 3. The van der Waals surface area contributed by atoms with Crippen molar-refractivity contribution in [1.82, 2.24) is 15.4 Å². The van der Waals surface area contributed by atoms with Crippen molar-refractivity contribution >= 4 is 40.0 Å². The van der Waals surface area contributed by atoms with E-state index in [1.165, 1.54) is 6.07 Å². The summed E-state index contributed by atoms with van der Waals surface area (Å²) >= 11 is 0. The Morgan fingerprint density at radius 1 is 1.00 bits per heavy atom. The molecule has 0 aliphatic heterocycles. The Bertz CT molecular complexity index is 936. The molecule has 0 aromatic heterocycles. The third-order valence-corrected chi connectivity index (χ3v) is 5.72. The quantitative estimate of drug-likeness (QED) is 0.256. The van der Waals surface area contributed by atoms with Gasteiger partial charge in [0.2, 0.25) is 10.0 Å². The zero-order valence-electron chi connectivity index (χ0n) is 17.5. The number of rotatable bonds is 9. The number of hydrogen-bond donors (Lipinski definition) is 3. The monoisotopic (exact) mass is 548 g/mol. The average Bonchev–Trinajstić information content (AvgIpc) is 2.65. The highest BCUT2D eigenvalue weighted by molar-refractivity contribution is 14.0. The number of benzene rings is 2. The first-order valence-corrected chi connectivity index (χ1v) is 11.2. The lowest BCUT2D eigenvalue weighted by Gasteiger charge is -2.15. The van der Waals surface area contributed by atoms with Crippen molar-refractivity contribution in [3.8, 4) is 0 Å². The highest BCUT2D eigenvalue weighted by atomic mass is 127. The molecule has 0 amide bonds. The third kappa shape index (κ3) is 8.97. The Morgan fingerprint density at radius 3 is 2.20 bits per heavy atom. The molecule has 0 spiro atoms. The molecule has 0 unspecified atom stereocenters. The summed E-state index contributed by atoms with van der Waals surface area (Å²) in [6.45, 7) is 4.53. The molecule has 6 nitrogen and oxygen atoms in total. The van der Waals surface area contributed by atoms with Crippen LogP contribution in [0.3, 0.4) is 0 Å². The normalized spacial score (nSPS) is 11.8. The molecule has 0 radical (unpaired) electrons. The number of nitrogens with zero attached hydrogens (tertiary/aromatic N) is 1. The summed E-state index contributed by atoms with van der Waals surface area (Å²) in [5.74, 6) is 0.268. The number of sulfonamides is 1. The van der Waals surface area contributed by atoms with Crippen LogP contribution in [-0.2, 0) is 28.7 Å². The van der Waals surface area contributed by atoms with Crippen LogP contribution in [-0.4, -0.2) is 34.0 Å². The van der Waals surface area contributed by atoms with Crippen LogP contribution >= 0.6 is 24.0 Å². The van der Waals surface area contributed by atoms with Gasteiger partial charge in [0, 0.05) is 26.2 Å². The van der Waals surface area contributed by atoms with Crippen LogP contribution in [0.15, 0.2) is 53.5 Å². The maximum Gasteiger partial charge on any atom is 0.216 e. The Balaban J connectivity index is 0.00000450. The number of guanidine groups is 1. The van der Waals surface area contributed by atoms with Crippen molar-refractivity contribution < 1.29 is 12.8 Å². The van der Waals surface area contributed by atoms with Gasteiger partial charge in [-0.25, -0.2) is 17.5 Å². The van der Waals surface area contributed by atoms with Gasteiger partial charge in [0.1, 0.15) is 5.82 Å². The minimum absolute atomic E-state index is 0. The Morgan fingerprint density at radius 2 is 1.60 bits per heavy atom. The molecule has 30 heavy (non-hydrogen) atoms. The number of aliphatic imine (C=N–C) groups is 1. The minimum atomic E-state index is -3.41. The van der Waals surface area contributed by atoms with E-state index in [1.807, 2.05) is 30.3 Å². The van der Waals surface area contributed by atoms with Gasteiger partial charge in [-0.15, -0.1) is 24.0 Å². The van der Waals surface area contributed by atoms with E-state index in [4.69, 9.17) is 0 Å². The van der Waals surface area contributed by atoms with Gasteiger partial charge in [0.15, 0.2) is 5.96 Å². The van der Waals surface area contributed by atoms with Gasteiger partial charge < -0.3 is 10.6 Å². The fourth-order valence-electron chi connectivity index (χ4n) is 2.89. The van der Waals surface area contributed by atoms with Crippen molar-refractivity contribution in [1.29, 1.82) is 0 Å². The summed E-state index contributed by atoms with van der Waals surface area (Å²) in [7, 11) is -1.75. The molecule has 3 N–H and O–H groups in total. The van der Waals surface area contributed by atoms with Crippen LogP contribution in [0.1, 0.15) is 30.5 Å². The Hall–Kier alpha value is -1.72. The van der Waals surface area contributed by atoms with Gasteiger partial charge in [-0.2, -0.15) is 0 Å². The van der Waals surface area contributed by atoms with Crippen LogP contribution in [0.5, 0.6) is 0 Å². The van der Waals surface area contributed by atoms with E-state index in [0.717, 1.165) is 11.1 Å². The van der Waals surface area contributed by atoms with E-state index in [9.17, 15) is 12.8 Å². The highest BCUT2D eigenvalue weighted by Crippen LogP contribution is 2.12. The van der Waals surface area contributed by atoms with E-state index in [-0.39, 0.29) is 41.6 Å². The molecule has 0 heterocycles. The van der Waals surface area contributed by atoms with Crippen LogP contribution < -0.4 is 15.4 Å². The molecule has 0 aliphatic rings. The molecule has 0 bridgehead atoms. The summed E-state index contributed by atoms with van der Waals surface area (Å²) in [5, 5.41) is 6.33. The fourth-order valence-corrected chi connectivity index (χ4v) is 4.39. The van der Waals surface area contributed by atoms with Gasteiger partial charge in [0.25, 0.3) is 0 Å². The van der Waals surface area contributed by atoms with Crippen molar-refractivity contribution in [3.63, 3.8) is 0 Å². The predicted molar refractivity (Wildman–Crippen MR) is 131 cm³/mol. The van der Waals surface area contributed by atoms with E-state index < -0.39 is 10.0 Å². The van der Waals surface area contributed by atoms with Crippen molar-refractivity contribution in [2.45, 2.75) is 38.6 Å². The van der Waals surface area contributed by atoms with Crippen molar-refractivity contribution in [2.24, 2.45) is 4.99 Å². The first-order valence-electron chi connectivity index (χ1n) is 9.55. The molecular formula is C21H30FIN4O2S.